The summed E-state index contributed by atoms with van der Waals surface area (Å²) in [5.74, 6) is -0.271. The van der Waals surface area contributed by atoms with Gasteiger partial charge in [-0.05, 0) is 43.5 Å². The Balaban J connectivity index is 2.05. The van der Waals surface area contributed by atoms with Gasteiger partial charge in [-0.25, -0.2) is 4.98 Å². The summed E-state index contributed by atoms with van der Waals surface area (Å²) in [6.45, 7) is 6.45. The van der Waals surface area contributed by atoms with E-state index in [1.54, 1.807) is 5.38 Å². The monoisotopic (exact) mass is 290 g/mol. The third-order valence-corrected chi connectivity index (χ3v) is 3.91. The van der Waals surface area contributed by atoms with Crippen molar-refractivity contribution in [2.24, 2.45) is 0 Å². The first-order chi connectivity index (χ1) is 9.45. The fourth-order valence-corrected chi connectivity index (χ4v) is 2.64. The van der Waals surface area contributed by atoms with Gasteiger partial charge in [0.25, 0.3) is 0 Å². The molecule has 106 valence electrons. The third kappa shape index (κ3) is 3.57. The maximum Gasteiger partial charge on any atom is 0.140 e. The molecule has 20 heavy (non-hydrogen) atoms. The van der Waals surface area contributed by atoms with Gasteiger partial charge in [-0.2, -0.15) is 0 Å². The molecule has 0 aliphatic rings. The van der Waals surface area contributed by atoms with Crippen LogP contribution in [0.25, 0.3) is 0 Å². The maximum absolute atomic E-state index is 10.5. The average molecular weight is 290 g/mol. The van der Waals surface area contributed by atoms with Crippen LogP contribution < -0.4 is 9.84 Å². The number of carboxylic acid groups (broad SMARTS) is 1. The predicted octanol–water partition coefficient (Wildman–Crippen LogP) is 1.94. The zero-order chi connectivity index (χ0) is 14.7. The van der Waals surface area contributed by atoms with E-state index in [0.29, 0.717) is 12.3 Å². The number of carbonyl (C=O) groups excluding carboxylic acids is 1. The SMILES string of the molecule is Cc1cc(C)c(C)c(OCc2nc(CC(=O)[O-])cs2)c1. The number of aliphatic carboxylic acids is 1. The molecule has 0 aliphatic heterocycles. The van der Waals surface area contributed by atoms with Crippen LogP contribution in [0, 0.1) is 20.8 Å². The highest BCUT2D eigenvalue weighted by atomic mass is 32.1. The highest BCUT2D eigenvalue weighted by Crippen LogP contribution is 2.24. The Labute approximate surface area is 122 Å². The summed E-state index contributed by atoms with van der Waals surface area (Å²) in [4.78, 5) is 14.7. The van der Waals surface area contributed by atoms with Gasteiger partial charge in [0, 0.05) is 17.8 Å². The van der Waals surface area contributed by atoms with Crippen LogP contribution in [0.4, 0.5) is 0 Å². The lowest BCUT2D eigenvalue weighted by molar-refractivity contribution is -0.304. The van der Waals surface area contributed by atoms with Gasteiger partial charge < -0.3 is 14.6 Å². The van der Waals surface area contributed by atoms with Gasteiger partial charge in [0.05, 0.1) is 5.69 Å². The van der Waals surface area contributed by atoms with E-state index in [0.717, 1.165) is 21.9 Å². The van der Waals surface area contributed by atoms with Gasteiger partial charge in [-0.1, -0.05) is 6.07 Å². The number of thiazole rings is 1. The largest absolute Gasteiger partial charge is 0.550 e. The standard InChI is InChI=1S/C15H17NO3S/c1-9-4-10(2)11(3)13(5-9)19-7-14-16-12(8-20-14)6-15(17)18/h4-5,8H,6-7H2,1-3H3,(H,17,18)/p-1. The Kier molecular flexibility index (Phi) is 4.39. The van der Waals surface area contributed by atoms with Crippen LogP contribution in [0.2, 0.25) is 0 Å². The maximum atomic E-state index is 10.5. The third-order valence-electron chi connectivity index (χ3n) is 3.04. The van der Waals surface area contributed by atoms with Crippen molar-refractivity contribution < 1.29 is 14.6 Å². The first kappa shape index (κ1) is 14.5. The molecule has 0 saturated carbocycles. The summed E-state index contributed by atoms with van der Waals surface area (Å²) in [6.07, 6.45) is -0.154. The molecule has 0 radical (unpaired) electrons. The average Bonchev–Trinajstić information content (AvgIpc) is 2.78. The van der Waals surface area contributed by atoms with Crippen molar-refractivity contribution in [1.82, 2.24) is 4.98 Å². The second kappa shape index (κ2) is 6.05. The minimum absolute atomic E-state index is 0.154. The molecule has 1 aromatic carbocycles. The van der Waals surface area contributed by atoms with Crippen molar-refractivity contribution in [3.8, 4) is 5.75 Å². The number of hydrogen-bond acceptors (Lipinski definition) is 5. The molecular formula is C15H16NO3S-. The van der Waals surface area contributed by atoms with Crippen LogP contribution in [0.5, 0.6) is 5.75 Å². The minimum Gasteiger partial charge on any atom is -0.550 e. The number of benzene rings is 1. The number of rotatable bonds is 5. The van der Waals surface area contributed by atoms with E-state index in [9.17, 15) is 9.90 Å². The molecule has 2 aromatic rings. The summed E-state index contributed by atoms with van der Waals surface area (Å²) in [7, 11) is 0. The first-order valence-corrected chi connectivity index (χ1v) is 7.17. The lowest BCUT2D eigenvalue weighted by Gasteiger charge is -2.11. The number of nitrogens with zero attached hydrogens (tertiary/aromatic N) is 1. The van der Waals surface area contributed by atoms with Gasteiger partial charge in [-0.15, -0.1) is 11.3 Å². The van der Waals surface area contributed by atoms with Crippen LogP contribution in [0.3, 0.4) is 0 Å². The molecule has 0 bridgehead atoms. The molecule has 0 spiro atoms. The molecule has 0 N–H and O–H groups in total. The van der Waals surface area contributed by atoms with Crippen LogP contribution in [0.15, 0.2) is 17.5 Å². The summed E-state index contributed by atoms with van der Waals surface area (Å²) in [5.41, 5.74) is 3.98. The predicted molar refractivity (Wildman–Crippen MR) is 75.8 cm³/mol. The normalized spacial score (nSPS) is 10.6. The molecule has 0 atom stereocenters. The lowest BCUT2D eigenvalue weighted by Crippen LogP contribution is -2.24. The molecule has 0 aliphatic carbocycles. The van der Waals surface area contributed by atoms with Crippen LogP contribution >= 0.6 is 11.3 Å². The number of aromatic nitrogens is 1. The van der Waals surface area contributed by atoms with E-state index in [1.807, 2.05) is 19.9 Å². The number of carboxylic acids is 1. The molecule has 5 heteroatoms. The first-order valence-electron chi connectivity index (χ1n) is 6.29. The smallest absolute Gasteiger partial charge is 0.140 e. The molecule has 1 heterocycles. The Hall–Kier alpha value is -1.88. The van der Waals surface area contributed by atoms with Crippen molar-refractivity contribution in [1.29, 1.82) is 0 Å². The van der Waals surface area contributed by atoms with Gasteiger partial charge in [0.15, 0.2) is 0 Å². The number of carbonyl (C=O) groups is 1. The van der Waals surface area contributed by atoms with E-state index in [4.69, 9.17) is 4.74 Å². The Morgan fingerprint density at radius 3 is 2.80 bits per heavy atom. The van der Waals surface area contributed by atoms with Crippen molar-refractivity contribution in [3.05, 3.63) is 44.9 Å². The van der Waals surface area contributed by atoms with Gasteiger partial charge in [0.1, 0.15) is 17.4 Å². The van der Waals surface area contributed by atoms with E-state index < -0.39 is 5.97 Å². The van der Waals surface area contributed by atoms with Crippen molar-refractivity contribution in [3.63, 3.8) is 0 Å². The van der Waals surface area contributed by atoms with Crippen LogP contribution in [0.1, 0.15) is 27.4 Å². The fourth-order valence-electron chi connectivity index (χ4n) is 1.93. The van der Waals surface area contributed by atoms with E-state index in [-0.39, 0.29) is 6.42 Å². The Bertz CT molecular complexity index is 634. The number of ether oxygens (including phenoxy) is 1. The highest BCUT2D eigenvalue weighted by molar-refractivity contribution is 7.09. The second-order valence-electron chi connectivity index (χ2n) is 4.77. The number of hydrogen-bond donors (Lipinski definition) is 0. The Morgan fingerprint density at radius 1 is 1.35 bits per heavy atom. The summed E-state index contributed by atoms with van der Waals surface area (Å²) < 4.78 is 5.79. The zero-order valence-electron chi connectivity index (χ0n) is 11.7. The molecular weight excluding hydrogens is 274 g/mol. The molecule has 2 rings (SSSR count). The molecule has 4 nitrogen and oxygen atoms in total. The molecule has 0 amide bonds. The van der Waals surface area contributed by atoms with Crippen LogP contribution in [-0.2, 0) is 17.8 Å². The van der Waals surface area contributed by atoms with E-state index >= 15 is 0 Å². The highest BCUT2D eigenvalue weighted by Gasteiger charge is 2.07. The van der Waals surface area contributed by atoms with Gasteiger partial charge in [-0.3, -0.25) is 0 Å². The Morgan fingerprint density at radius 2 is 2.10 bits per heavy atom. The van der Waals surface area contributed by atoms with Crippen molar-refractivity contribution in [2.75, 3.05) is 0 Å². The van der Waals surface area contributed by atoms with Crippen molar-refractivity contribution >= 4 is 17.3 Å². The molecule has 0 fully saturated rings. The van der Waals surface area contributed by atoms with Gasteiger partial charge >= 0.3 is 0 Å². The summed E-state index contributed by atoms with van der Waals surface area (Å²) >= 11 is 1.40. The summed E-state index contributed by atoms with van der Waals surface area (Å²) in [5, 5.41) is 13.0. The second-order valence-corrected chi connectivity index (χ2v) is 5.72. The minimum atomic E-state index is -1.12. The van der Waals surface area contributed by atoms with E-state index in [1.165, 1.54) is 16.9 Å². The quantitative estimate of drug-likeness (QED) is 0.844. The van der Waals surface area contributed by atoms with Gasteiger partial charge in [0.2, 0.25) is 0 Å². The molecule has 0 saturated heterocycles. The summed E-state index contributed by atoms with van der Waals surface area (Å²) in [6, 6.07) is 4.11. The van der Waals surface area contributed by atoms with Crippen LogP contribution in [-0.4, -0.2) is 11.0 Å². The lowest BCUT2D eigenvalue weighted by atomic mass is 10.1. The zero-order valence-corrected chi connectivity index (χ0v) is 12.5. The molecule has 1 aromatic heterocycles. The topological polar surface area (TPSA) is 62.2 Å². The fraction of sp³-hybridized carbons (Fsp3) is 0.333. The van der Waals surface area contributed by atoms with Crippen molar-refractivity contribution in [2.45, 2.75) is 33.8 Å². The number of aryl methyl sites for hydroxylation is 2. The van der Waals surface area contributed by atoms with E-state index in [2.05, 4.69) is 18.0 Å². The molecule has 0 unspecified atom stereocenters.